The average molecular weight is 606 g/mol. The molecule has 0 N–H and O–H groups in total. The van der Waals surface area contributed by atoms with E-state index in [0.717, 1.165) is 53.6 Å². The Balaban J connectivity index is 1.24. The Bertz CT molecular complexity index is 1190. The largest absolute Gasteiger partial charge is 0.460 e. The minimum atomic E-state index is -0.484. The summed E-state index contributed by atoms with van der Waals surface area (Å²) in [5.74, 6) is 0.0781. The van der Waals surface area contributed by atoms with Gasteiger partial charge in [-0.3, -0.25) is 14.5 Å². The number of benzene rings is 1. The van der Waals surface area contributed by atoms with Crippen molar-refractivity contribution in [3.8, 4) is 0 Å². The summed E-state index contributed by atoms with van der Waals surface area (Å²) in [5, 5.41) is 3.66. The molecular weight excluding hydrogens is 562 g/mol. The molecule has 1 amide bonds. The van der Waals surface area contributed by atoms with E-state index in [1.165, 1.54) is 0 Å². The quantitative estimate of drug-likeness (QED) is 0.253. The monoisotopic (exact) mass is 605 g/mol. The van der Waals surface area contributed by atoms with Crippen LogP contribution in [0.4, 0.5) is 0 Å². The minimum Gasteiger partial charge on any atom is -0.460 e. The van der Waals surface area contributed by atoms with Gasteiger partial charge in [-0.25, -0.2) is 4.98 Å². The van der Waals surface area contributed by atoms with Gasteiger partial charge in [-0.2, -0.15) is 0 Å². The number of halogens is 1. The van der Waals surface area contributed by atoms with Crippen LogP contribution in [0.3, 0.4) is 0 Å². The van der Waals surface area contributed by atoms with Crippen LogP contribution in [-0.2, 0) is 32.0 Å². The Hall–Kier alpha value is -2.04. The number of aromatic nitrogens is 1. The lowest BCUT2D eigenvalue weighted by atomic mass is 9.89. The summed E-state index contributed by atoms with van der Waals surface area (Å²) in [7, 11) is 0. The molecule has 226 valence electrons. The third kappa shape index (κ3) is 8.97. The highest BCUT2D eigenvalue weighted by Crippen LogP contribution is 2.33. The molecule has 8 nitrogen and oxygen atoms in total. The van der Waals surface area contributed by atoms with Crippen molar-refractivity contribution in [3.05, 3.63) is 50.4 Å². The highest BCUT2D eigenvalue weighted by molar-refractivity contribution is 7.09. The van der Waals surface area contributed by atoms with Crippen LogP contribution in [-0.4, -0.2) is 83.9 Å². The van der Waals surface area contributed by atoms with Gasteiger partial charge in [-0.15, -0.1) is 11.3 Å². The van der Waals surface area contributed by atoms with Crippen LogP contribution in [0.25, 0.3) is 0 Å². The molecule has 2 aliphatic rings. The highest BCUT2D eigenvalue weighted by Gasteiger charge is 2.41. The molecule has 4 rings (SSSR count). The van der Waals surface area contributed by atoms with Gasteiger partial charge in [-0.05, 0) is 51.2 Å². The van der Waals surface area contributed by atoms with E-state index in [-0.39, 0.29) is 23.9 Å². The molecule has 2 fully saturated rings. The van der Waals surface area contributed by atoms with Crippen LogP contribution >= 0.6 is 22.9 Å². The van der Waals surface area contributed by atoms with Gasteiger partial charge >= 0.3 is 5.97 Å². The van der Waals surface area contributed by atoms with Crippen molar-refractivity contribution in [2.75, 3.05) is 46.0 Å². The van der Waals surface area contributed by atoms with E-state index in [9.17, 15) is 9.59 Å². The Morgan fingerprint density at radius 3 is 2.56 bits per heavy atom. The third-order valence-electron chi connectivity index (χ3n) is 7.48. The Kier molecular flexibility index (Phi) is 10.9. The average Bonchev–Trinajstić information content (AvgIpc) is 3.41. The molecule has 2 saturated heterocycles. The van der Waals surface area contributed by atoms with Crippen molar-refractivity contribution in [2.45, 2.75) is 84.0 Å². The smallest absolute Gasteiger partial charge is 0.308 e. The van der Waals surface area contributed by atoms with Crippen LogP contribution < -0.4 is 0 Å². The predicted octanol–water partition coefficient (Wildman–Crippen LogP) is 5.72. The number of hydrogen-bond donors (Lipinski definition) is 0. The van der Waals surface area contributed by atoms with E-state index in [1.54, 1.807) is 11.3 Å². The zero-order valence-corrected chi connectivity index (χ0v) is 26.6. The summed E-state index contributed by atoms with van der Waals surface area (Å²) >= 11 is 8.37. The number of thiazole rings is 1. The zero-order valence-electron chi connectivity index (χ0n) is 25.0. The first-order valence-electron chi connectivity index (χ1n) is 14.6. The van der Waals surface area contributed by atoms with Crippen molar-refractivity contribution < 1.29 is 23.8 Å². The molecule has 41 heavy (non-hydrogen) atoms. The first-order chi connectivity index (χ1) is 19.4. The maximum Gasteiger partial charge on any atom is 0.308 e. The number of amides is 1. The van der Waals surface area contributed by atoms with E-state index in [1.807, 2.05) is 43.2 Å². The van der Waals surface area contributed by atoms with Crippen molar-refractivity contribution in [3.63, 3.8) is 0 Å². The van der Waals surface area contributed by atoms with Gasteiger partial charge in [0.2, 0.25) is 0 Å². The third-order valence-corrected chi connectivity index (χ3v) is 9.11. The number of nitrogens with zero attached hydrogens (tertiary/aromatic N) is 3. The predicted molar refractivity (Wildman–Crippen MR) is 162 cm³/mol. The van der Waals surface area contributed by atoms with Crippen LogP contribution in [0.2, 0.25) is 5.02 Å². The van der Waals surface area contributed by atoms with Gasteiger partial charge in [0.15, 0.2) is 0 Å². The Labute approximate surface area is 253 Å². The summed E-state index contributed by atoms with van der Waals surface area (Å²) in [5.41, 5.74) is 1.91. The Morgan fingerprint density at radius 1 is 1.15 bits per heavy atom. The molecule has 1 aromatic heterocycles. The normalized spacial score (nSPS) is 17.8. The van der Waals surface area contributed by atoms with Crippen LogP contribution in [0.15, 0.2) is 23.6 Å². The van der Waals surface area contributed by atoms with Gasteiger partial charge in [0.05, 0.1) is 43.4 Å². The minimum absolute atomic E-state index is 0.00988. The molecular formula is C31H44ClN3O5S. The SMILES string of the molecule is CC(C)c1nc(C(=O)N2CCOC3(CCN(Cc4cccc(CCOCCC(=O)OC(C)(C)C)c4Cl)CC3)C2)cs1. The topological polar surface area (TPSA) is 81.2 Å². The number of morpholine rings is 1. The lowest BCUT2D eigenvalue weighted by Gasteiger charge is -2.47. The highest BCUT2D eigenvalue weighted by atomic mass is 35.5. The number of hydrogen-bond acceptors (Lipinski definition) is 8. The fourth-order valence-electron chi connectivity index (χ4n) is 5.27. The second kappa shape index (κ2) is 14.0. The van der Waals surface area contributed by atoms with Crippen molar-refractivity contribution >= 4 is 34.8 Å². The summed E-state index contributed by atoms with van der Waals surface area (Å²) < 4.78 is 17.3. The lowest BCUT2D eigenvalue weighted by molar-refractivity contribution is -0.156. The van der Waals surface area contributed by atoms with E-state index >= 15 is 0 Å². The van der Waals surface area contributed by atoms with Crippen LogP contribution in [0.5, 0.6) is 0 Å². The molecule has 0 radical (unpaired) electrons. The lowest BCUT2D eigenvalue weighted by Crippen LogP contribution is -2.58. The fraction of sp³-hybridized carbons (Fsp3) is 0.645. The number of carbonyl (C=O) groups is 2. The molecule has 10 heteroatoms. The summed E-state index contributed by atoms with van der Waals surface area (Å²) in [6.45, 7) is 14.9. The standard InChI is InChI=1S/C31H44ClN3O5S/c1-22(2)28-33-25(20-41-28)29(37)35-15-18-39-31(21-35)11-13-34(14-12-31)19-24-8-6-7-23(27(24)32)9-16-38-17-10-26(36)40-30(3,4)5/h6-8,20,22H,9-19,21H2,1-5H3. The maximum atomic E-state index is 13.2. The van der Waals surface area contributed by atoms with Gasteiger partial charge < -0.3 is 19.1 Å². The van der Waals surface area contributed by atoms with Crippen molar-refractivity contribution in [2.24, 2.45) is 0 Å². The van der Waals surface area contributed by atoms with E-state index < -0.39 is 5.60 Å². The van der Waals surface area contributed by atoms with Crippen LogP contribution in [0.1, 0.15) is 86.4 Å². The summed E-state index contributed by atoms with van der Waals surface area (Å²) in [6.07, 6.45) is 2.66. The van der Waals surface area contributed by atoms with Gasteiger partial charge in [0.1, 0.15) is 11.3 Å². The number of carbonyl (C=O) groups excluding carboxylic acids is 2. The number of rotatable bonds is 10. The van der Waals surface area contributed by atoms with Gasteiger partial charge in [0, 0.05) is 42.5 Å². The van der Waals surface area contributed by atoms with Gasteiger partial charge in [0.25, 0.3) is 5.91 Å². The number of esters is 1. The fourth-order valence-corrected chi connectivity index (χ4v) is 6.36. The molecule has 3 heterocycles. The molecule has 0 saturated carbocycles. The van der Waals surface area contributed by atoms with E-state index in [4.69, 9.17) is 25.8 Å². The molecule has 2 aromatic rings. The molecule has 0 aliphatic carbocycles. The van der Waals surface area contributed by atoms with Crippen LogP contribution in [0, 0.1) is 0 Å². The summed E-state index contributed by atoms with van der Waals surface area (Å²) in [4.78, 5) is 33.9. The second-order valence-corrected chi connectivity index (χ2v) is 13.6. The molecule has 1 spiro atoms. The maximum absolute atomic E-state index is 13.2. The molecule has 0 atom stereocenters. The van der Waals surface area contributed by atoms with E-state index in [0.29, 0.717) is 50.9 Å². The van der Waals surface area contributed by atoms with Crippen molar-refractivity contribution in [1.29, 1.82) is 0 Å². The first-order valence-corrected chi connectivity index (χ1v) is 15.9. The molecule has 0 bridgehead atoms. The number of ether oxygens (including phenoxy) is 3. The van der Waals surface area contributed by atoms with E-state index in [2.05, 4.69) is 29.8 Å². The first kappa shape index (κ1) is 31.9. The Morgan fingerprint density at radius 2 is 1.88 bits per heavy atom. The molecule has 1 aromatic carbocycles. The molecule has 2 aliphatic heterocycles. The molecule has 0 unspecified atom stereocenters. The number of likely N-dealkylation sites (tertiary alicyclic amines) is 1. The zero-order chi connectivity index (χ0) is 29.6. The van der Waals surface area contributed by atoms with Crippen molar-refractivity contribution in [1.82, 2.24) is 14.8 Å². The summed E-state index contributed by atoms with van der Waals surface area (Å²) in [6, 6.07) is 6.15. The second-order valence-electron chi connectivity index (χ2n) is 12.3. The van der Waals surface area contributed by atoms with Gasteiger partial charge in [-0.1, -0.05) is 43.6 Å². The number of piperidine rings is 1.